The number of nitrogens with one attached hydrogen (secondary N) is 3. The number of likely N-dealkylation sites (N-methyl/N-ethyl adjacent to an activating group) is 1. The van der Waals surface area contributed by atoms with Gasteiger partial charge < -0.3 is 20.0 Å². The number of quaternary nitrogens is 1. The summed E-state index contributed by atoms with van der Waals surface area (Å²) in [5.74, 6) is 0.362. The third-order valence-electron chi connectivity index (χ3n) is 4.71. The van der Waals surface area contributed by atoms with Crippen molar-refractivity contribution >= 4 is 23.2 Å². The smallest absolute Gasteiger partial charge is 0.262 e. The number of thiophene rings is 1. The van der Waals surface area contributed by atoms with Crippen LogP contribution in [0.3, 0.4) is 0 Å². The molecule has 3 aromatic rings. The van der Waals surface area contributed by atoms with E-state index in [1.807, 2.05) is 68.0 Å². The minimum Gasteiger partial charge on any atom is -0.463 e. The summed E-state index contributed by atoms with van der Waals surface area (Å²) < 4.78 is 5.52. The third-order valence-corrected chi connectivity index (χ3v) is 5.58. The molecule has 2 atom stereocenters. The van der Waals surface area contributed by atoms with E-state index in [1.165, 1.54) is 11.3 Å². The molecule has 7 heteroatoms. The van der Waals surface area contributed by atoms with Gasteiger partial charge >= 0.3 is 0 Å². The van der Waals surface area contributed by atoms with Crippen LogP contribution in [0, 0.1) is 0 Å². The highest BCUT2D eigenvalue weighted by atomic mass is 32.1. The van der Waals surface area contributed by atoms with Gasteiger partial charge in [0.15, 0.2) is 11.8 Å². The molecule has 1 aromatic carbocycles. The Hall–Kier alpha value is -2.90. The Labute approximate surface area is 174 Å². The van der Waals surface area contributed by atoms with E-state index in [2.05, 4.69) is 10.6 Å². The van der Waals surface area contributed by atoms with Crippen molar-refractivity contribution in [2.45, 2.75) is 18.5 Å². The van der Waals surface area contributed by atoms with Crippen molar-refractivity contribution < 1.29 is 18.9 Å². The minimum absolute atomic E-state index is 0.0145. The van der Waals surface area contributed by atoms with Crippen LogP contribution < -0.4 is 15.5 Å². The third kappa shape index (κ3) is 5.79. The van der Waals surface area contributed by atoms with Gasteiger partial charge in [-0.1, -0.05) is 36.4 Å². The summed E-state index contributed by atoms with van der Waals surface area (Å²) in [5.41, 5.74) is 0.986. The van der Waals surface area contributed by atoms with Crippen LogP contribution in [0.4, 0.5) is 0 Å². The first kappa shape index (κ1) is 20.8. The average Bonchev–Trinajstić information content (AvgIpc) is 3.42. The molecule has 2 aromatic heterocycles. The Morgan fingerprint density at radius 2 is 1.86 bits per heavy atom. The lowest BCUT2D eigenvalue weighted by Crippen LogP contribution is -3.07. The largest absolute Gasteiger partial charge is 0.463 e. The molecular weight excluding hydrogens is 386 g/mol. The normalized spacial score (nSPS) is 13.1. The number of furan rings is 1. The zero-order chi connectivity index (χ0) is 20.6. The van der Waals surface area contributed by atoms with Gasteiger partial charge in [0.1, 0.15) is 6.04 Å². The Kier molecular flexibility index (Phi) is 7.21. The Morgan fingerprint density at radius 1 is 1.07 bits per heavy atom. The van der Waals surface area contributed by atoms with E-state index < -0.39 is 6.04 Å². The molecule has 0 saturated carbocycles. The molecule has 0 radical (unpaired) electrons. The quantitative estimate of drug-likeness (QED) is 0.501. The summed E-state index contributed by atoms with van der Waals surface area (Å²) in [5, 5.41) is 7.72. The van der Waals surface area contributed by atoms with Gasteiger partial charge in [-0.15, -0.1) is 11.3 Å². The van der Waals surface area contributed by atoms with Gasteiger partial charge in [0.05, 0.1) is 31.8 Å². The number of amides is 2. The van der Waals surface area contributed by atoms with Crippen LogP contribution in [0.15, 0.2) is 70.7 Å². The molecule has 0 aliphatic rings. The van der Waals surface area contributed by atoms with E-state index in [4.69, 9.17) is 4.42 Å². The van der Waals surface area contributed by atoms with E-state index in [0.717, 1.165) is 16.2 Å². The summed E-state index contributed by atoms with van der Waals surface area (Å²) in [4.78, 5) is 27.3. The fraction of sp³-hybridized carbons (Fsp3) is 0.273. The van der Waals surface area contributed by atoms with E-state index in [9.17, 15) is 9.59 Å². The van der Waals surface area contributed by atoms with Crippen LogP contribution in [-0.2, 0) is 11.2 Å². The van der Waals surface area contributed by atoms with Crippen LogP contribution in [0.2, 0.25) is 0 Å². The fourth-order valence-electron chi connectivity index (χ4n) is 3.10. The van der Waals surface area contributed by atoms with E-state index in [1.54, 1.807) is 12.3 Å². The maximum atomic E-state index is 13.0. The Balaban J connectivity index is 1.70. The zero-order valence-corrected chi connectivity index (χ0v) is 17.4. The highest BCUT2D eigenvalue weighted by molar-refractivity contribution is 7.12. The highest BCUT2D eigenvalue weighted by Crippen LogP contribution is 2.11. The summed E-state index contributed by atoms with van der Waals surface area (Å²) in [6.45, 7) is 0.412. The van der Waals surface area contributed by atoms with Gasteiger partial charge in [-0.25, -0.2) is 0 Å². The van der Waals surface area contributed by atoms with Gasteiger partial charge in [0.25, 0.3) is 5.91 Å². The first-order valence-corrected chi connectivity index (χ1v) is 10.4. The van der Waals surface area contributed by atoms with Crippen LogP contribution >= 0.6 is 11.3 Å². The minimum atomic E-state index is -0.665. The maximum Gasteiger partial charge on any atom is 0.262 e. The summed E-state index contributed by atoms with van der Waals surface area (Å²) in [6, 6.07) is 16.3. The molecule has 29 heavy (non-hydrogen) atoms. The maximum absolute atomic E-state index is 13.0. The summed E-state index contributed by atoms with van der Waals surface area (Å²) in [7, 11) is 4.03. The van der Waals surface area contributed by atoms with Gasteiger partial charge in [0, 0.05) is 6.42 Å². The molecule has 2 heterocycles. The first-order valence-electron chi connectivity index (χ1n) is 9.54. The molecule has 3 rings (SSSR count). The molecule has 0 saturated heterocycles. The van der Waals surface area contributed by atoms with Crippen molar-refractivity contribution in [3.05, 3.63) is 82.4 Å². The van der Waals surface area contributed by atoms with Gasteiger partial charge in [-0.3, -0.25) is 9.59 Å². The number of benzene rings is 1. The second-order valence-electron chi connectivity index (χ2n) is 7.08. The SMILES string of the molecule is C[NH+](C)[C@@H](CNC(=O)[C@@H](Cc1ccccc1)NC(=O)c1cccs1)c1ccco1. The zero-order valence-electron chi connectivity index (χ0n) is 16.6. The molecule has 0 bridgehead atoms. The second-order valence-corrected chi connectivity index (χ2v) is 8.03. The lowest BCUT2D eigenvalue weighted by molar-refractivity contribution is -0.891. The van der Waals surface area contributed by atoms with Crippen molar-refractivity contribution in [3.63, 3.8) is 0 Å². The molecule has 6 nitrogen and oxygen atoms in total. The van der Waals surface area contributed by atoms with E-state index in [0.29, 0.717) is 17.8 Å². The number of carbonyl (C=O) groups excluding carboxylic acids is 2. The van der Waals surface area contributed by atoms with E-state index in [-0.39, 0.29) is 17.9 Å². The van der Waals surface area contributed by atoms with Gasteiger partial charge in [0.2, 0.25) is 5.91 Å². The highest BCUT2D eigenvalue weighted by Gasteiger charge is 2.26. The predicted octanol–water partition coefficient (Wildman–Crippen LogP) is 1.68. The van der Waals surface area contributed by atoms with Crippen LogP contribution in [0.5, 0.6) is 0 Å². The predicted molar refractivity (Wildman–Crippen MR) is 113 cm³/mol. The molecule has 0 spiro atoms. The molecule has 2 amide bonds. The first-order chi connectivity index (χ1) is 14.0. The van der Waals surface area contributed by atoms with Crippen molar-refractivity contribution in [1.29, 1.82) is 0 Å². The molecule has 0 aliphatic heterocycles. The molecular formula is C22H26N3O3S+. The number of carbonyl (C=O) groups is 2. The molecule has 152 valence electrons. The monoisotopic (exact) mass is 412 g/mol. The van der Waals surface area contributed by atoms with E-state index >= 15 is 0 Å². The molecule has 3 N–H and O–H groups in total. The van der Waals surface area contributed by atoms with Crippen LogP contribution in [0.25, 0.3) is 0 Å². The fourth-order valence-corrected chi connectivity index (χ4v) is 3.73. The second kappa shape index (κ2) is 10.0. The summed E-state index contributed by atoms with van der Waals surface area (Å²) in [6.07, 6.45) is 2.05. The lowest BCUT2D eigenvalue weighted by Gasteiger charge is -2.22. The van der Waals surface area contributed by atoms with Crippen molar-refractivity contribution in [1.82, 2.24) is 10.6 Å². The Morgan fingerprint density at radius 3 is 2.48 bits per heavy atom. The van der Waals surface area contributed by atoms with Gasteiger partial charge in [-0.2, -0.15) is 0 Å². The molecule has 0 fully saturated rings. The topological polar surface area (TPSA) is 75.8 Å². The summed E-state index contributed by atoms with van der Waals surface area (Å²) >= 11 is 1.35. The Bertz CT molecular complexity index is 893. The van der Waals surface area contributed by atoms with Crippen LogP contribution in [0.1, 0.15) is 27.0 Å². The van der Waals surface area contributed by atoms with Crippen LogP contribution in [-0.4, -0.2) is 38.5 Å². The molecule has 0 aliphatic carbocycles. The van der Waals surface area contributed by atoms with Gasteiger partial charge in [-0.05, 0) is 29.1 Å². The number of rotatable bonds is 9. The van der Waals surface area contributed by atoms with Crippen molar-refractivity contribution in [3.8, 4) is 0 Å². The standard InChI is InChI=1S/C22H25N3O3S/c1-25(2)18(19-10-6-12-28-19)15-23-21(26)17(14-16-8-4-3-5-9-16)24-22(27)20-11-7-13-29-20/h3-13,17-18H,14-15H2,1-2H3,(H,23,26)(H,24,27)/p+1/t17-,18+/m1/s1. The lowest BCUT2D eigenvalue weighted by atomic mass is 10.0. The van der Waals surface area contributed by atoms with Crippen molar-refractivity contribution in [2.75, 3.05) is 20.6 Å². The number of hydrogen-bond acceptors (Lipinski definition) is 4. The molecule has 0 unspecified atom stereocenters. The average molecular weight is 413 g/mol. The van der Waals surface area contributed by atoms with Crippen molar-refractivity contribution in [2.24, 2.45) is 0 Å². The number of hydrogen-bond donors (Lipinski definition) is 3.